The van der Waals surface area contributed by atoms with E-state index in [4.69, 9.17) is 14.2 Å². The molecule has 0 spiro atoms. The van der Waals surface area contributed by atoms with Gasteiger partial charge < -0.3 is 19.5 Å². The Balaban J connectivity index is 2.21. The van der Waals surface area contributed by atoms with Crippen molar-refractivity contribution >= 4 is 36.3 Å². The molecule has 1 aromatic rings. The summed E-state index contributed by atoms with van der Waals surface area (Å²) in [5.41, 5.74) is 0.513. The minimum Gasteiger partial charge on any atom is -0.489 e. The summed E-state index contributed by atoms with van der Waals surface area (Å²) in [6.45, 7) is 11.2. The molecular formula is C22H26N2O6S. The lowest BCUT2D eigenvalue weighted by molar-refractivity contribution is -0.120. The van der Waals surface area contributed by atoms with E-state index >= 15 is 0 Å². The van der Waals surface area contributed by atoms with Crippen LogP contribution < -0.4 is 10.1 Å². The van der Waals surface area contributed by atoms with Gasteiger partial charge in [0.25, 0.3) is 0 Å². The molecule has 1 aliphatic heterocycles. The maximum Gasteiger partial charge on any atom is 0.410 e. The van der Waals surface area contributed by atoms with Gasteiger partial charge in [0.2, 0.25) is 5.91 Å². The Bertz CT molecular complexity index is 856. The van der Waals surface area contributed by atoms with Crippen molar-refractivity contribution in [2.24, 2.45) is 0 Å². The number of ether oxygens (including phenoxy) is 3. The SMILES string of the molecule is C=CCOC(=O)c1cc(NC(=O)[C@@H]2C[C@H](S)CN2C(=O)OCC=C)cc(OCC=C)c1. The predicted molar refractivity (Wildman–Crippen MR) is 121 cm³/mol. The van der Waals surface area contributed by atoms with E-state index in [-0.39, 0.29) is 37.2 Å². The molecule has 31 heavy (non-hydrogen) atoms. The first-order valence-electron chi connectivity index (χ1n) is 9.59. The highest BCUT2D eigenvalue weighted by Gasteiger charge is 2.39. The Labute approximate surface area is 186 Å². The van der Waals surface area contributed by atoms with E-state index in [0.717, 1.165) is 0 Å². The molecule has 0 aromatic heterocycles. The van der Waals surface area contributed by atoms with E-state index in [1.807, 2.05) is 0 Å². The summed E-state index contributed by atoms with van der Waals surface area (Å²) >= 11 is 4.40. The molecule has 2 atom stereocenters. The van der Waals surface area contributed by atoms with E-state index in [2.05, 4.69) is 37.7 Å². The van der Waals surface area contributed by atoms with Gasteiger partial charge in [-0.05, 0) is 18.6 Å². The molecule has 0 aliphatic carbocycles. The predicted octanol–water partition coefficient (Wildman–Crippen LogP) is 3.23. The number of esters is 1. The molecule has 1 heterocycles. The quantitative estimate of drug-likeness (QED) is 0.326. The smallest absolute Gasteiger partial charge is 0.410 e. The number of amides is 2. The second-order valence-electron chi connectivity index (χ2n) is 6.65. The van der Waals surface area contributed by atoms with Gasteiger partial charge in [-0.2, -0.15) is 12.6 Å². The number of benzene rings is 1. The first kappa shape index (κ1) is 24.1. The third-order valence-corrected chi connectivity index (χ3v) is 4.62. The third-order valence-electron chi connectivity index (χ3n) is 4.25. The second kappa shape index (κ2) is 11.8. The number of thiol groups is 1. The van der Waals surface area contributed by atoms with Gasteiger partial charge in [0, 0.05) is 23.5 Å². The molecule has 1 aromatic carbocycles. The summed E-state index contributed by atoms with van der Waals surface area (Å²) in [5, 5.41) is 2.57. The number of hydrogen-bond acceptors (Lipinski definition) is 7. The normalized spacial score (nSPS) is 17.4. The van der Waals surface area contributed by atoms with Crippen molar-refractivity contribution in [2.75, 3.05) is 31.7 Å². The van der Waals surface area contributed by atoms with Gasteiger partial charge in [-0.1, -0.05) is 38.0 Å². The number of nitrogens with zero attached hydrogens (tertiary/aromatic N) is 1. The van der Waals surface area contributed by atoms with Crippen molar-refractivity contribution in [3.8, 4) is 5.75 Å². The maximum atomic E-state index is 12.9. The van der Waals surface area contributed by atoms with Gasteiger partial charge in [0.1, 0.15) is 31.6 Å². The van der Waals surface area contributed by atoms with Gasteiger partial charge in [0.15, 0.2) is 0 Å². The Hall–Kier alpha value is -3.20. The van der Waals surface area contributed by atoms with Crippen LogP contribution in [0, 0.1) is 0 Å². The van der Waals surface area contributed by atoms with Crippen LogP contribution in [0.4, 0.5) is 10.5 Å². The molecular weight excluding hydrogens is 420 g/mol. The van der Waals surface area contributed by atoms with Crippen LogP contribution in [0.15, 0.2) is 56.2 Å². The van der Waals surface area contributed by atoms with Crippen LogP contribution in [-0.4, -0.2) is 60.5 Å². The summed E-state index contributed by atoms with van der Waals surface area (Å²) in [6.07, 6.45) is 4.20. The molecule has 0 radical (unpaired) electrons. The Morgan fingerprint density at radius 2 is 1.74 bits per heavy atom. The van der Waals surface area contributed by atoms with Crippen molar-refractivity contribution in [2.45, 2.75) is 17.7 Å². The lowest BCUT2D eigenvalue weighted by Crippen LogP contribution is -2.43. The Kier molecular flexibility index (Phi) is 9.20. The van der Waals surface area contributed by atoms with Crippen LogP contribution >= 0.6 is 12.6 Å². The summed E-state index contributed by atoms with van der Waals surface area (Å²) < 4.78 is 15.6. The molecule has 1 fully saturated rings. The largest absolute Gasteiger partial charge is 0.489 e. The molecule has 166 valence electrons. The van der Waals surface area contributed by atoms with Crippen LogP contribution in [0.25, 0.3) is 0 Å². The maximum absolute atomic E-state index is 12.9. The number of likely N-dealkylation sites (tertiary alicyclic amines) is 1. The summed E-state index contributed by atoms with van der Waals surface area (Å²) in [5.74, 6) is -0.673. The van der Waals surface area contributed by atoms with E-state index in [0.29, 0.717) is 17.9 Å². The van der Waals surface area contributed by atoms with Crippen LogP contribution in [0.3, 0.4) is 0 Å². The third kappa shape index (κ3) is 6.92. The Morgan fingerprint density at radius 3 is 2.42 bits per heavy atom. The second-order valence-corrected chi connectivity index (χ2v) is 7.38. The van der Waals surface area contributed by atoms with Crippen molar-refractivity contribution in [3.05, 3.63) is 61.7 Å². The monoisotopic (exact) mass is 446 g/mol. The van der Waals surface area contributed by atoms with E-state index < -0.39 is 24.0 Å². The molecule has 0 unspecified atom stereocenters. The van der Waals surface area contributed by atoms with E-state index in [1.165, 1.54) is 29.2 Å². The minimum absolute atomic E-state index is 0.0414. The topological polar surface area (TPSA) is 94.2 Å². The fourth-order valence-electron chi connectivity index (χ4n) is 2.95. The number of carbonyl (C=O) groups is 3. The van der Waals surface area contributed by atoms with Crippen LogP contribution in [0.5, 0.6) is 5.75 Å². The van der Waals surface area contributed by atoms with Crippen LogP contribution in [-0.2, 0) is 14.3 Å². The highest BCUT2D eigenvalue weighted by Crippen LogP contribution is 2.26. The number of anilines is 1. The molecule has 1 aliphatic rings. The molecule has 0 bridgehead atoms. The standard InChI is InChI=1S/C22H26N2O6S/c1-4-7-28-17-11-15(21(26)29-8-5-2)10-16(12-17)23-20(25)19-13-18(31)14-24(19)22(27)30-9-6-3/h4-6,10-12,18-19,31H,1-3,7-9,13-14H2,(H,23,25)/t18-,19-/m0/s1. The molecule has 1 N–H and O–H groups in total. The van der Waals surface area contributed by atoms with E-state index in [1.54, 1.807) is 12.1 Å². The average molecular weight is 447 g/mol. The van der Waals surface area contributed by atoms with Crippen molar-refractivity contribution in [3.63, 3.8) is 0 Å². The fourth-order valence-corrected chi connectivity index (χ4v) is 3.32. The summed E-state index contributed by atoms with van der Waals surface area (Å²) in [7, 11) is 0. The van der Waals surface area contributed by atoms with E-state index in [9.17, 15) is 14.4 Å². The van der Waals surface area contributed by atoms with Gasteiger partial charge in [-0.15, -0.1) is 0 Å². The minimum atomic E-state index is -0.770. The fraction of sp³-hybridized carbons (Fsp3) is 0.318. The number of hydrogen-bond donors (Lipinski definition) is 2. The summed E-state index contributed by atoms with van der Waals surface area (Å²) in [6, 6.07) is 3.77. The molecule has 2 amide bonds. The molecule has 9 heteroatoms. The number of nitrogens with one attached hydrogen (secondary N) is 1. The zero-order chi connectivity index (χ0) is 22.8. The van der Waals surface area contributed by atoms with Crippen molar-refractivity contribution < 1.29 is 28.6 Å². The van der Waals surface area contributed by atoms with Gasteiger partial charge in [0.05, 0.1) is 5.56 Å². The molecule has 8 nitrogen and oxygen atoms in total. The highest BCUT2D eigenvalue weighted by atomic mass is 32.1. The molecule has 0 saturated carbocycles. The molecule has 2 rings (SSSR count). The lowest BCUT2D eigenvalue weighted by Gasteiger charge is -2.23. The highest BCUT2D eigenvalue weighted by molar-refractivity contribution is 7.81. The van der Waals surface area contributed by atoms with Gasteiger partial charge >= 0.3 is 12.1 Å². The zero-order valence-electron chi connectivity index (χ0n) is 17.1. The first-order chi connectivity index (χ1) is 14.9. The van der Waals surface area contributed by atoms with Crippen molar-refractivity contribution in [1.29, 1.82) is 0 Å². The summed E-state index contributed by atoms with van der Waals surface area (Å²) in [4.78, 5) is 38.8. The van der Waals surface area contributed by atoms with Crippen LogP contribution in [0.2, 0.25) is 0 Å². The van der Waals surface area contributed by atoms with Gasteiger partial charge in [-0.25, -0.2) is 9.59 Å². The first-order valence-corrected chi connectivity index (χ1v) is 10.1. The molecule has 1 saturated heterocycles. The average Bonchev–Trinajstić information content (AvgIpc) is 3.16. The van der Waals surface area contributed by atoms with Gasteiger partial charge in [-0.3, -0.25) is 9.69 Å². The van der Waals surface area contributed by atoms with Crippen molar-refractivity contribution in [1.82, 2.24) is 4.90 Å². The number of carbonyl (C=O) groups excluding carboxylic acids is 3. The zero-order valence-corrected chi connectivity index (χ0v) is 18.0. The lowest BCUT2D eigenvalue weighted by atomic mass is 10.1. The Morgan fingerprint density at radius 1 is 1.06 bits per heavy atom. The number of rotatable bonds is 10. The van der Waals surface area contributed by atoms with Crippen LogP contribution in [0.1, 0.15) is 16.8 Å².